The van der Waals surface area contributed by atoms with E-state index >= 15 is 0 Å². The number of carbonyl (C=O) groups is 1. The van der Waals surface area contributed by atoms with Crippen LogP contribution in [-0.4, -0.2) is 33.7 Å². The molecule has 0 saturated carbocycles. The van der Waals surface area contributed by atoms with Gasteiger partial charge in [0.25, 0.3) is 11.5 Å². The Morgan fingerprint density at radius 1 is 1.42 bits per heavy atom. The minimum Gasteiger partial charge on any atom is -0.379 e. The molecule has 0 fully saturated rings. The number of aromatic amines is 1. The minimum atomic E-state index is -0.948. The van der Waals surface area contributed by atoms with E-state index in [0.29, 0.717) is 30.6 Å². The van der Waals surface area contributed by atoms with E-state index in [1.807, 2.05) is 20.8 Å². The topological polar surface area (TPSA) is 96.4 Å². The van der Waals surface area contributed by atoms with Crippen LogP contribution in [0.15, 0.2) is 9.95 Å². The SMILES string of the molecule is CC1=NO[C@@](C)(C(=O)NCCc2nc3sc(C)c(C)c3c(=O)[nH]2)C1. The van der Waals surface area contributed by atoms with Crippen molar-refractivity contribution in [3.05, 3.63) is 26.6 Å². The van der Waals surface area contributed by atoms with Gasteiger partial charge < -0.3 is 15.1 Å². The highest BCUT2D eigenvalue weighted by molar-refractivity contribution is 7.18. The van der Waals surface area contributed by atoms with Gasteiger partial charge >= 0.3 is 0 Å². The summed E-state index contributed by atoms with van der Waals surface area (Å²) in [7, 11) is 0. The van der Waals surface area contributed by atoms with E-state index in [1.165, 1.54) is 11.3 Å². The van der Waals surface area contributed by atoms with Crippen LogP contribution >= 0.6 is 11.3 Å². The molecule has 1 amide bonds. The first-order valence-electron chi connectivity index (χ1n) is 7.79. The van der Waals surface area contributed by atoms with Gasteiger partial charge in [-0.3, -0.25) is 9.59 Å². The maximum absolute atomic E-state index is 12.2. The zero-order valence-electron chi connectivity index (χ0n) is 14.1. The summed E-state index contributed by atoms with van der Waals surface area (Å²) in [5.41, 5.74) is 0.702. The van der Waals surface area contributed by atoms with Gasteiger partial charge in [0, 0.05) is 24.3 Å². The highest BCUT2D eigenvalue weighted by Gasteiger charge is 2.40. The number of amides is 1. The predicted molar refractivity (Wildman–Crippen MR) is 93.6 cm³/mol. The second-order valence-corrected chi connectivity index (χ2v) is 7.51. The Hall–Kier alpha value is -2.22. The number of aryl methyl sites for hydroxylation is 2. The first-order valence-corrected chi connectivity index (χ1v) is 8.60. The fourth-order valence-electron chi connectivity index (χ4n) is 2.75. The minimum absolute atomic E-state index is 0.127. The highest BCUT2D eigenvalue weighted by Crippen LogP contribution is 2.26. The molecule has 0 radical (unpaired) electrons. The van der Waals surface area contributed by atoms with Crippen molar-refractivity contribution in [2.75, 3.05) is 6.54 Å². The number of carbonyl (C=O) groups excluding carboxylic acids is 1. The Morgan fingerprint density at radius 2 is 2.17 bits per heavy atom. The lowest BCUT2D eigenvalue weighted by Gasteiger charge is -2.20. The number of rotatable bonds is 4. The molecule has 24 heavy (non-hydrogen) atoms. The largest absolute Gasteiger partial charge is 0.379 e. The van der Waals surface area contributed by atoms with Gasteiger partial charge in [-0.2, -0.15) is 0 Å². The molecular weight excluding hydrogens is 328 g/mol. The van der Waals surface area contributed by atoms with Crippen LogP contribution < -0.4 is 10.9 Å². The molecule has 0 unspecified atom stereocenters. The summed E-state index contributed by atoms with van der Waals surface area (Å²) in [4.78, 5) is 38.8. The van der Waals surface area contributed by atoms with Crippen LogP contribution in [-0.2, 0) is 16.1 Å². The second-order valence-electron chi connectivity index (χ2n) is 6.31. The lowest BCUT2D eigenvalue weighted by molar-refractivity contribution is -0.141. The number of hydrogen-bond donors (Lipinski definition) is 2. The summed E-state index contributed by atoms with van der Waals surface area (Å²) in [5.74, 6) is 0.355. The Kier molecular flexibility index (Phi) is 4.16. The van der Waals surface area contributed by atoms with E-state index in [2.05, 4.69) is 20.4 Å². The summed E-state index contributed by atoms with van der Waals surface area (Å²) in [6.45, 7) is 7.82. The van der Waals surface area contributed by atoms with Crippen molar-refractivity contribution in [3.63, 3.8) is 0 Å². The van der Waals surface area contributed by atoms with Crippen molar-refractivity contribution in [2.45, 2.75) is 46.1 Å². The van der Waals surface area contributed by atoms with Gasteiger partial charge in [0.05, 0.1) is 11.1 Å². The van der Waals surface area contributed by atoms with Crippen LogP contribution in [0.1, 0.15) is 36.5 Å². The van der Waals surface area contributed by atoms with Crippen LogP contribution in [0, 0.1) is 13.8 Å². The van der Waals surface area contributed by atoms with Crippen molar-refractivity contribution in [3.8, 4) is 0 Å². The van der Waals surface area contributed by atoms with Gasteiger partial charge in [-0.05, 0) is 33.3 Å². The summed E-state index contributed by atoms with van der Waals surface area (Å²) >= 11 is 1.51. The first-order chi connectivity index (χ1) is 11.3. The average molecular weight is 348 g/mol. The molecule has 8 heteroatoms. The van der Waals surface area contributed by atoms with Gasteiger partial charge in [-0.25, -0.2) is 4.98 Å². The number of oxime groups is 1. The van der Waals surface area contributed by atoms with Crippen molar-refractivity contribution in [2.24, 2.45) is 5.16 Å². The van der Waals surface area contributed by atoms with E-state index in [4.69, 9.17) is 4.84 Å². The lowest BCUT2D eigenvalue weighted by Crippen LogP contribution is -2.45. The van der Waals surface area contributed by atoms with Crippen LogP contribution in [0.2, 0.25) is 0 Å². The number of H-pyrrole nitrogens is 1. The maximum Gasteiger partial charge on any atom is 0.267 e. The number of nitrogens with one attached hydrogen (secondary N) is 2. The standard InChI is InChI=1S/C16H20N4O3S/c1-8-7-16(4,23-20-8)15(22)17-6-5-11-18-13(21)12-9(2)10(3)24-14(12)19-11/h5-7H2,1-4H3,(H,17,22)(H,18,19,21)/t16-/m1/s1. The number of fused-ring (bicyclic) bond motifs is 1. The van der Waals surface area contributed by atoms with E-state index in [-0.39, 0.29) is 11.5 Å². The molecule has 2 N–H and O–H groups in total. The first kappa shape index (κ1) is 16.6. The lowest BCUT2D eigenvalue weighted by atomic mass is 9.99. The zero-order valence-corrected chi connectivity index (χ0v) is 15.0. The van der Waals surface area contributed by atoms with E-state index < -0.39 is 5.60 Å². The fraction of sp³-hybridized carbons (Fsp3) is 0.500. The van der Waals surface area contributed by atoms with Gasteiger partial charge in [0.15, 0.2) is 0 Å². The maximum atomic E-state index is 12.2. The molecule has 1 atom stereocenters. The highest BCUT2D eigenvalue weighted by atomic mass is 32.1. The third kappa shape index (κ3) is 2.93. The Morgan fingerprint density at radius 3 is 2.83 bits per heavy atom. The molecule has 0 bridgehead atoms. The molecule has 2 aromatic heterocycles. The van der Waals surface area contributed by atoms with Crippen molar-refractivity contribution < 1.29 is 9.63 Å². The Bertz CT molecular complexity index is 899. The smallest absolute Gasteiger partial charge is 0.267 e. The number of thiophene rings is 1. The summed E-state index contributed by atoms with van der Waals surface area (Å²) in [5, 5.41) is 7.31. The third-order valence-electron chi connectivity index (χ3n) is 4.21. The fourth-order valence-corrected chi connectivity index (χ4v) is 3.80. The van der Waals surface area contributed by atoms with Gasteiger partial charge in [0.2, 0.25) is 5.60 Å². The van der Waals surface area contributed by atoms with Crippen LogP contribution in [0.3, 0.4) is 0 Å². The molecule has 128 valence electrons. The van der Waals surface area contributed by atoms with Crippen molar-refractivity contribution >= 4 is 33.2 Å². The number of hydrogen-bond acceptors (Lipinski definition) is 6. The Balaban J connectivity index is 1.66. The predicted octanol–water partition coefficient (Wildman–Crippen LogP) is 1.82. The molecule has 0 spiro atoms. The van der Waals surface area contributed by atoms with E-state index in [0.717, 1.165) is 21.0 Å². The van der Waals surface area contributed by atoms with Gasteiger partial charge in [0.1, 0.15) is 10.7 Å². The number of aromatic nitrogens is 2. The van der Waals surface area contributed by atoms with Gasteiger partial charge in [-0.1, -0.05) is 5.16 Å². The van der Waals surface area contributed by atoms with Gasteiger partial charge in [-0.15, -0.1) is 11.3 Å². The summed E-state index contributed by atoms with van der Waals surface area (Å²) in [6, 6.07) is 0. The molecular formula is C16H20N4O3S. The van der Waals surface area contributed by atoms with E-state index in [1.54, 1.807) is 6.92 Å². The normalized spacial score (nSPS) is 20.1. The van der Waals surface area contributed by atoms with Crippen molar-refractivity contribution in [1.82, 2.24) is 15.3 Å². The van der Waals surface area contributed by atoms with Crippen LogP contribution in [0.25, 0.3) is 10.2 Å². The molecule has 0 aromatic carbocycles. The van der Waals surface area contributed by atoms with Crippen molar-refractivity contribution in [1.29, 1.82) is 0 Å². The number of nitrogens with zero attached hydrogens (tertiary/aromatic N) is 2. The summed E-state index contributed by atoms with van der Waals surface area (Å²) in [6.07, 6.45) is 0.927. The van der Waals surface area contributed by atoms with Crippen LogP contribution in [0.5, 0.6) is 0 Å². The second kappa shape index (κ2) is 6.01. The molecule has 1 aliphatic heterocycles. The molecule has 0 aliphatic carbocycles. The molecule has 2 aromatic rings. The zero-order chi connectivity index (χ0) is 17.5. The van der Waals surface area contributed by atoms with E-state index in [9.17, 15) is 9.59 Å². The quantitative estimate of drug-likeness (QED) is 0.881. The monoisotopic (exact) mass is 348 g/mol. The summed E-state index contributed by atoms with van der Waals surface area (Å²) < 4.78 is 0. The molecule has 3 heterocycles. The Labute approximate surface area is 143 Å². The molecule has 0 saturated heterocycles. The molecule has 3 rings (SSSR count). The molecule has 7 nitrogen and oxygen atoms in total. The van der Waals surface area contributed by atoms with Crippen LogP contribution in [0.4, 0.5) is 0 Å². The third-order valence-corrected chi connectivity index (χ3v) is 5.31. The molecule has 1 aliphatic rings. The average Bonchev–Trinajstić information content (AvgIpc) is 3.00.